The molecule has 0 aliphatic rings. The van der Waals surface area contributed by atoms with Crippen LogP contribution in [0.15, 0.2) is 66.0 Å². The summed E-state index contributed by atoms with van der Waals surface area (Å²) in [5.74, 6) is -0.249. The molecule has 0 aliphatic carbocycles. The van der Waals surface area contributed by atoms with Gasteiger partial charge in [0, 0.05) is 10.6 Å². The van der Waals surface area contributed by atoms with Gasteiger partial charge in [0.1, 0.15) is 5.82 Å². The molecular weight excluding hydrogens is 339 g/mol. The first kappa shape index (κ1) is 16.6. The molecule has 1 atom stereocenters. The van der Waals surface area contributed by atoms with Crippen LogP contribution in [0.1, 0.15) is 22.0 Å². The lowest BCUT2D eigenvalue weighted by Crippen LogP contribution is -2.32. The molecule has 0 spiro atoms. The predicted octanol–water partition coefficient (Wildman–Crippen LogP) is 5.27. The van der Waals surface area contributed by atoms with Gasteiger partial charge in [-0.15, -0.1) is 11.3 Å². The van der Waals surface area contributed by atoms with Crippen LogP contribution in [-0.2, 0) is 0 Å². The minimum Gasteiger partial charge on any atom is -0.351 e. The molecule has 0 amide bonds. The average molecular weight is 356 g/mol. The van der Waals surface area contributed by atoms with E-state index in [9.17, 15) is 4.39 Å². The summed E-state index contributed by atoms with van der Waals surface area (Å²) in [6.45, 7) is 1.73. The van der Waals surface area contributed by atoms with Gasteiger partial charge in [0.25, 0.3) is 0 Å². The van der Waals surface area contributed by atoms with Gasteiger partial charge >= 0.3 is 0 Å². The highest BCUT2D eigenvalue weighted by molar-refractivity contribution is 7.80. The maximum atomic E-state index is 13.7. The van der Waals surface area contributed by atoms with E-state index in [4.69, 9.17) is 12.2 Å². The smallest absolute Gasteiger partial charge is 0.171 e. The van der Waals surface area contributed by atoms with Gasteiger partial charge in [-0.05, 0) is 53.8 Å². The third-order valence-electron chi connectivity index (χ3n) is 3.67. The van der Waals surface area contributed by atoms with Gasteiger partial charge in [-0.2, -0.15) is 0 Å². The summed E-state index contributed by atoms with van der Waals surface area (Å²) >= 11 is 7.09. The first-order valence-electron chi connectivity index (χ1n) is 7.55. The van der Waals surface area contributed by atoms with Gasteiger partial charge in [0.15, 0.2) is 5.11 Å². The van der Waals surface area contributed by atoms with Gasteiger partial charge < -0.3 is 10.6 Å². The minimum absolute atomic E-state index is 0.0403. The minimum atomic E-state index is -0.249. The lowest BCUT2D eigenvalue weighted by Gasteiger charge is -2.20. The monoisotopic (exact) mass is 356 g/mol. The second-order valence-electron chi connectivity index (χ2n) is 5.42. The standard InChI is InChI=1S/C19H17FN2S2/c1-13-9-10-15(12-16(13)20)21-19(23)22-18(17-8-5-11-24-17)14-6-3-2-4-7-14/h2-12,18H,1H3,(H2,21,22,23)/t18-/m1/s1. The van der Waals surface area contributed by atoms with E-state index in [-0.39, 0.29) is 11.9 Å². The zero-order valence-electron chi connectivity index (χ0n) is 13.1. The van der Waals surface area contributed by atoms with E-state index in [1.165, 1.54) is 10.9 Å². The van der Waals surface area contributed by atoms with Crippen molar-refractivity contribution >= 4 is 34.4 Å². The molecule has 0 radical (unpaired) electrons. The van der Waals surface area contributed by atoms with E-state index in [1.54, 1.807) is 24.3 Å². The average Bonchev–Trinajstić information content (AvgIpc) is 3.11. The van der Waals surface area contributed by atoms with Gasteiger partial charge in [-0.1, -0.05) is 42.5 Å². The van der Waals surface area contributed by atoms with Crippen molar-refractivity contribution in [3.05, 3.63) is 87.9 Å². The van der Waals surface area contributed by atoms with Crippen LogP contribution < -0.4 is 10.6 Å². The first-order valence-corrected chi connectivity index (χ1v) is 8.84. The number of benzene rings is 2. The number of hydrogen-bond donors (Lipinski definition) is 2. The lowest BCUT2D eigenvalue weighted by molar-refractivity contribution is 0.619. The van der Waals surface area contributed by atoms with E-state index in [0.29, 0.717) is 16.4 Å². The van der Waals surface area contributed by atoms with E-state index in [2.05, 4.69) is 28.8 Å². The van der Waals surface area contributed by atoms with Gasteiger partial charge in [-0.3, -0.25) is 0 Å². The van der Waals surface area contributed by atoms with Crippen LogP contribution in [0.2, 0.25) is 0 Å². The van der Waals surface area contributed by atoms with E-state index in [1.807, 2.05) is 35.7 Å². The van der Waals surface area contributed by atoms with Gasteiger partial charge in [0.05, 0.1) is 6.04 Å². The Bertz CT molecular complexity index is 817. The molecule has 0 bridgehead atoms. The van der Waals surface area contributed by atoms with Crippen LogP contribution in [0.25, 0.3) is 0 Å². The molecule has 3 aromatic rings. The van der Waals surface area contributed by atoms with E-state index < -0.39 is 0 Å². The van der Waals surface area contributed by atoms with Crippen LogP contribution >= 0.6 is 23.6 Å². The van der Waals surface area contributed by atoms with Crippen molar-refractivity contribution in [2.24, 2.45) is 0 Å². The van der Waals surface area contributed by atoms with Crippen molar-refractivity contribution in [2.75, 3.05) is 5.32 Å². The van der Waals surface area contributed by atoms with Gasteiger partial charge in [0.2, 0.25) is 0 Å². The van der Waals surface area contributed by atoms with Crippen LogP contribution in [0.4, 0.5) is 10.1 Å². The number of thiocarbonyl (C=S) groups is 1. The number of aryl methyl sites for hydroxylation is 1. The molecule has 1 aromatic heterocycles. The summed E-state index contributed by atoms with van der Waals surface area (Å²) in [6.07, 6.45) is 0. The molecule has 24 heavy (non-hydrogen) atoms. The predicted molar refractivity (Wildman–Crippen MR) is 103 cm³/mol. The number of thiophene rings is 1. The number of hydrogen-bond acceptors (Lipinski definition) is 2. The summed E-state index contributed by atoms with van der Waals surface area (Å²) in [6, 6.07) is 19.2. The molecule has 0 saturated carbocycles. The summed E-state index contributed by atoms with van der Waals surface area (Å²) < 4.78 is 13.7. The largest absolute Gasteiger partial charge is 0.351 e. The molecule has 0 saturated heterocycles. The molecule has 0 fully saturated rings. The Morgan fingerprint density at radius 1 is 1.08 bits per heavy atom. The highest BCUT2D eigenvalue weighted by Gasteiger charge is 2.16. The fourth-order valence-corrected chi connectivity index (χ4v) is 3.43. The van der Waals surface area contributed by atoms with Crippen molar-refractivity contribution in [2.45, 2.75) is 13.0 Å². The molecule has 2 nitrogen and oxygen atoms in total. The molecule has 0 aliphatic heterocycles. The molecule has 5 heteroatoms. The molecule has 122 valence electrons. The molecule has 1 heterocycles. The Hall–Kier alpha value is -2.24. The topological polar surface area (TPSA) is 24.1 Å². The SMILES string of the molecule is Cc1ccc(NC(=S)N[C@H](c2ccccc2)c2cccs2)cc1F. The fourth-order valence-electron chi connectivity index (χ4n) is 2.39. The molecule has 2 N–H and O–H groups in total. The maximum Gasteiger partial charge on any atom is 0.171 e. The van der Waals surface area contributed by atoms with Crippen molar-refractivity contribution in [1.29, 1.82) is 0 Å². The maximum absolute atomic E-state index is 13.7. The van der Waals surface area contributed by atoms with E-state index >= 15 is 0 Å². The van der Waals surface area contributed by atoms with Crippen molar-refractivity contribution in [3.63, 3.8) is 0 Å². The summed E-state index contributed by atoms with van der Waals surface area (Å²) in [5.41, 5.74) is 2.37. The molecule has 2 aromatic carbocycles. The first-order chi connectivity index (χ1) is 11.6. The summed E-state index contributed by atoms with van der Waals surface area (Å²) in [7, 11) is 0. The van der Waals surface area contributed by atoms with Crippen LogP contribution in [0.3, 0.4) is 0 Å². The Kier molecular flexibility index (Phi) is 5.23. The molecular formula is C19H17FN2S2. The van der Waals surface area contributed by atoms with Crippen LogP contribution in [0, 0.1) is 12.7 Å². The lowest BCUT2D eigenvalue weighted by atomic mass is 10.1. The summed E-state index contributed by atoms with van der Waals surface area (Å²) in [4.78, 5) is 1.17. The van der Waals surface area contributed by atoms with Crippen molar-refractivity contribution in [3.8, 4) is 0 Å². The highest BCUT2D eigenvalue weighted by atomic mass is 32.1. The quantitative estimate of drug-likeness (QED) is 0.623. The molecule has 3 rings (SSSR count). The number of nitrogens with one attached hydrogen (secondary N) is 2. The number of anilines is 1. The highest BCUT2D eigenvalue weighted by Crippen LogP contribution is 2.26. The fraction of sp³-hybridized carbons (Fsp3) is 0.105. The normalized spacial score (nSPS) is 11.8. The number of rotatable bonds is 4. The summed E-state index contributed by atoms with van der Waals surface area (Å²) in [5, 5.41) is 8.88. The second-order valence-corrected chi connectivity index (χ2v) is 6.81. The zero-order valence-corrected chi connectivity index (χ0v) is 14.8. The van der Waals surface area contributed by atoms with Crippen molar-refractivity contribution < 1.29 is 4.39 Å². The Labute approximate surface area is 150 Å². The van der Waals surface area contributed by atoms with Crippen LogP contribution in [0.5, 0.6) is 0 Å². The number of halogens is 1. The van der Waals surface area contributed by atoms with Crippen molar-refractivity contribution in [1.82, 2.24) is 5.32 Å². The zero-order chi connectivity index (χ0) is 16.9. The van der Waals surface area contributed by atoms with E-state index in [0.717, 1.165) is 5.56 Å². The molecule has 0 unspecified atom stereocenters. The van der Waals surface area contributed by atoms with Gasteiger partial charge in [-0.25, -0.2) is 4.39 Å². The third kappa shape index (κ3) is 3.99. The Morgan fingerprint density at radius 2 is 1.88 bits per heavy atom. The second kappa shape index (κ2) is 7.55. The Morgan fingerprint density at radius 3 is 2.54 bits per heavy atom. The third-order valence-corrected chi connectivity index (χ3v) is 4.82. The van der Waals surface area contributed by atoms with Crippen LogP contribution in [-0.4, -0.2) is 5.11 Å². The Balaban J connectivity index is 1.77.